The van der Waals surface area contributed by atoms with Crippen LogP contribution in [0.15, 0.2) is 0 Å². The first-order valence-electron chi connectivity index (χ1n) is 4.87. The highest BCUT2D eigenvalue weighted by Gasteiger charge is 2.25. The van der Waals surface area contributed by atoms with Crippen LogP contribution in [0.4, 0.5) is 0 Å². The largest absolute Gasteiger partial charge is 0.350 e. The predicted octanol–water partition coefficient (Wildman–Crippen LogP) is -0.524. The Morgan fingerprint density at radius 3 is 2.73 bits per heavy atom. The Hall–Kier alpha value is -1.18. The molecule has 1 atom stereocenters. The van der Waals surface area contributed by atoms with Crippen LogP contribution in [0.25, 0.3) is 0 Å². The Morgan fingerprint density at radius 1 is 1.40 bits per heavy atom. The van der Waals surface area contributed by atoms with Crippen molar-refractivity contribution < 1.29 is 4.74 Å². The van der Waals surface area contributed by atoms with Gasteiger partial charge in [-0.2, -0.15) is 10.5 Å². The van der Waals surface area contributed by atoms with E-state index in [2.05, 4.69) is 17.5 Å². The molecule has 0 amide bonds. The van der Waals surface area contributed by atoms with E-state index >= 15 is 0 Å². The van der Waals surface area contributed by atoms with Gasteiger partial charge >= 0.3 is 0 Å². The third-order valence-corrected chi connectivity index (χ3v) is 2.10. The second kappa shape index (κ2) is 6.33. The minimum Gasteiger partial charge on any atom is -0.350 e. The molecule has 1 aliphatic heterocycles. The molecule has 1 unspecified atom stereocenters. The van der Waals surface area contributed by atoms with Crippen LogP contribution in [0.3, 0.4) is 0 Å². The molecule has 0 aromatic heterocycles. The fraction of sp³-hybridized carbons (Fsp3) is 0.778. The van der Waals surface area contributed by atoms with Crippen molar-refractivity contribution in [3.8, 4) is 12.1 Å². The van der Waals surface area contributed by atoms with Crippen LogP contribution in [0.1, 0.15) is 6.92 Å². The highest BCUT2D eigenvalue weighted by atomic mass is 16.5. The number of nitrogens with zero attached hydrogens (tertiary/aromatic N) is 4. The summed E-state index contributed by atoms with van der Waals surface area (Å²) in [5, 5.41) is 20.3. The van der Waals surface area contributed by atoms with Gasteiger partial charge in [-0.3, -0.25) is 10.2 Å². The van der Waals surface area contributed by atoms with Gasteiger partial charge in [-0.15, -0.1) is 0 Å². The minimum atomic E-state index is -0.218. The van der Waals surface area contributed by atoms with E-state index in [1.165, 1.54) is 0 Å². The molecule has 0 bridgehead atoms. The summed E-state index contributed by atoms with van der Waals surface area (Å²) < 4.78 is 5.43. The normalized spacial score (nSPS) is 23.3. The van der Waals surface area contributed by atoms with Gasteiger partial charge in [0, 0.05) is 6.61 Å². The predicted molar refractivity (Wildman–Crippen MR) is 52.9 cm³/mol. The monoisotopic (exact) mass is 209 g/mol. The molecule has 15 heavy (non-hydrogen) atoms. The lowest BCUT2D eigenvalue weighted by Crippen LogP contribution is -2.60. The second-order valence-electron chi connectivity index (χ2n) is 3.20. The number of hydrogen-bond donors (Lipinski definition) is 1. The molecule has 0 saturated carbocycles. The summed E-state index contributed by atoms with van der Waals surface area (Å²) in [6, 6.07) is 4.17. The lowest BCUT2D eigenvalue weighted by atomic mass is 10.5. The van der Waals surface area contributed by atoms with E-state index < -0.39 is 0 Å². The smallest absolute Gasteiger partial charge is 0.168 e. The van der Waals surface area contributed by atoms with Crippen molar-refractivity contribution in [3.05, 3.63) is 0 Å². The summed E-state index contributed by atoms with van der Waals surface area (Å²) in [6.45, 7) is 4.35. The van der Waals surface area contributed by atoms with E-state index in [9.17, 15) is 0 Å². The molecule has 0 aliphatic carbocycles. The highest BCUT2D eigenvalue weighted by Crippen LogP contribution is 2.05. The van der Waals surface area contributed by atoms with E-state index in [0.29, 0.717) is 33.0 Å². The molecular formula is C9H15N5O. The van der Waals surface area contributed by atoms with E-state index in [1.54, 1.807) is 0 Å². The summed E-state index contributed by atoms with van der Waals surface area (Å²) in [7, 11) is 0. The van der Waals surface area contributed by atoms with Crippen LogP contribution in [0, 0.1) is 22.7 Å². The van der Waals surface area contributed by atoms with Crippen molar-refractivity contribution in [1.29, 1.82) is 10.5 Å². The number of hydrogen-bond acceptors (Lipinski definition) is 6. The summed E-state index contributed by atoms with van der Waals surface area (Å²) in [5.74, 6) is 0. The summed E-state index contributed by atoms with van der Waals surface area (Å²) in [4.78, 5) is 3.76. The van der Waals surface area contributed by atoms with E-state index in [0.717, 1.165) is 0 Å². The van der Waals surface area contributed by atoms with Crippen LogP contribution in [-0.4, -0.2) is 49.2 Å². The Morgan fingerprint density at radius 2 is 2.13 bits per heavy atom. The number of nitrogens with one attached hydrogen (secondary N) is 1. The fourth-order valence-corrected chi connectivity index (χ4v) is 1.47. The van der Waals surface area contributed by atoms with Crippen LogP contribution in [0.2, 0.25) is 0 Å². The van der Waals surface area contributed by atoms with Crippen LogP contribution in [0.5, 0.6) is 0 Å². The zero-order valence-electron chi connectivity index (χ0n) is 8.81. The van der Waals surface area contributed by atoms with Crippen LogP contribution < -0.4 is 5.32 Å². The Bertz CT molecular complexity index is 269. The SMILES string of the molecule is CCOC1NCN(CC#N)CN1CC#N. The number of rotatable bonds is 4. The van der Waals surface area contributed by atoms with Gasteiger partial charge in [0.25, 0.3) is 0 Å². The molecule has 82 valence electrons. The van der Waals surface area contributed by atoms with Gasteiger partial charge in [0.15, 0.2) is 6.35 Å². The first kappa shape index (κ1) is 11.9. The molecule has 1 heterocycles. The number of ether oxygens (including phenoxy) is 1. The molecule has 1 rings (SSSR count). The van der Waals surface area contributed by atoms with Crippen LogP contribution in [-0.2, 0) is 4.74 Å². The molecule has 6 heteroatoms. The summed E-state index contributed by atoms with van der Waals surface area (Å²) >= 11 is 0. The maximum atomic E-state index is 8.66. The van der Waals surface area contributed by atoms with Crippen molar-refractivity contribution in [2.45, 2.75) is 13.3 Å². The molecular weight excluding hydrogens is 194 g/mol. The zero-order chi connectivity index (χ0) is 11.1. The fourth-order valence-electron chi connectivity index (χ4n) is 1.47. The van der Waals surface area contributed by atoms with E-state index in [1.807, 2.05) is 16.7 Å². The van der Waals surface area contributed by atoms with Gasteiger partial charge in [-0.05, 0) is 6.92 Å². The van der Waals surface area contributed by atoms with Gasteiger partial charge in [-0.25, -0.2) is 4.90 Å². The van der Waals surface area contributed by atoms with Crippen molar-refractivity contribution >= 4 is 0 Å². The second-order valence-corrected chi connectivity index (χ2v) is 3.20. The number of nitriles is 2. The van der Waals surface area contributed by atoms with E-state index in [4.69, 9.17) is 15.3 Å². The first-order valence-corrected chi connectivity index (χ1v) is 4.87. The van der Waals surface area contributed by atoms with Gasteiger partial charge in [0.2, 0.25) is 0 Å². The minimum absolute atomic E-state index is 0.218. The molecule has 0 radical (unpaired) electrons. The van der Waals surface area contributed by atoms with Crippen molar-refractivity contribution in [1.82, 2.24) is 15.1 Å². The standard InChI is InChI=1S/C9H15N5O/c1-2-15-9-12-7-13(5-3-10)8-14(9)6-4-11/h9,12H,2,5-8H2,1H3. The maximum absolute atomic E-state index is 8.66. The average molecular weight is 209 g/mol. The molecule has 1 fully saturated rings. The lowest BCUT2D eigenvalue weighted by molar-refractivity contribution is -0.122. The zero-order valence-corrected chi connectivity index (χ0v) is 8.81. The first-order chi connectivity index (χ1) is 7.31. The third-order valence-electron chi connectivity index (χ3n) is 2.10. The Kier molecular flexibility index (Phi) is 5.02. The van der Waals surface area contributed by atoms with Gasteiger partial charge in [-0.1, -0.05) is 0 Å². The molecule has 1 aliphatic rings. The van der Waals surface area contributed by atoms with Crippen molar-refractivity contribution in [3.63, 3.8) is 0 Å². The van der Waals surface area contributed by atoms with Gasteiger partial charge in [0.05, 0.1) is 38.6 Å². The average Bonchev–Trinajstić information content (AvgIpc) is 2.23. The molecule has 1 saturated heterocycles. The van der Waals surface area contributed by atoms with Crippen molar-refractivity contribution in [2.24, 2.45) is 0 Å². The molecule has 1 N–H and O–H groups in total. The Balaban J connectivity index is 2.50. The molecule has 0 aromatic rings. The maximum Gasteiger partial charge on any atom is 0.168 e. The quantitative estimate of drug-likeness (QED) is 0.628. The lowest BCUT2D eigenvalue weighted by Gasteiger charge is -2.39. The highest BCUT2D eigenvalue weighted by molar-refractivity contribution is 4.83. The molecule has 0 aromatic carbocycles. The topological polar surface area (TPSA) is 75.3 Å². The van der Waals surface area contributed by atoms with Gasteiger partial charge < -0.3 is 4.74 Å². The summed E-state index contributed by atoms with van der Waals surface area (Å²) in [5.41, 5.74) is 0. The van der Waals surface area contributed by atoms with E-state index in [-0.39, 0.29) is 6.35 Å². The molecule has 6 nitrogen and oxygen atoms in total. The Labute approximate surface area is 89.6 Å². The third kappa shape index (κ3) is 3.46. The van der Waals surface area contributed by atoms with Crippen LogP contribution >= 0.6 is 0 Å². The summed E-state index contributed by atoms with van der Waals surface area (Å²) in [6.07, 6.45) is -0.218. The van der Waals surface area contributed by atoms with Gasteiger partial charge in [0.1, 0.15) is 0 Å². The molecule has 0 spiro atoms. The van der Waals surface area contributed by atoms with Crippen molar-refractivity contribution in [2.75, 3.05) is 33.0 Å².